The molecule has 0 saturated carbocycles. The van der Waals surface area contributed by atoms with Crippen molar-refractivity contribution < 1.29 is 9.57 Å². The van der Waals surface area contributed by atoms with Gasteiger partial charge in [0.2, 0.25) is 0 Å². The fourth-order valence-electron chi connectivity index (χ4n) is 3.01. The van der Waals surface area contributed by atoms with Crippen molar-refractivity contribution in [2.45, 2.75) is 32.9 Å². The number of hydrogen-bond donors (Lipinski definition) is 3. The summed E-state index contributed by atoms with van der Waals surface area (Å²) in [5, 5.41) is 6.41. The van der Waals surface area contributed by atoms with Crippen LogP contribution in [0.25, 0.3) is 0 Å². The van der Waals surface area contributed by atoms with Crippen LogP contribution in [0, 0.1) is 0 Å². The van der Waals surface area contributed by atoms with E-state index in [4.69, 9.17) is 26.8 Å². The van der Waals surface area contributed by atoms with Gasteiger partial charge in [0, 0.05) is 25.0 Å². The summed E-state index contributed by atoms with van der Waals surface area (Å²) >= 11 is 1.37. The van der Waals surface area contributed by atoms with E-state index in [0.717, 1.165) is 37.4 Å². The largest absolute Gasteiger partial charge is 0.490 e. The fourth-order valence-corrected chi connectivity index (χ4v) is 3.62. The summed E-state index contributed by atoms with van der Waals surface area (Å²) < 4.78 is 5.79. The van der Waals surface area contributed by atoms with Gasteiger partial charge in [0.25, 0.3) is 0 Å². The van der Waals surface area contributed by atoms with Crippen LogP contribution >= 0.6 is 11.3 Å². The highest BCUT2D eigenvalue weighted by atomic mass is 32.1. The monoisotopic (exact) mass is 431 g/mol. The number of nitrogen functional groups attached to an aromatic ring is 1. The Balaban J connectivity index is 1.43. The summed E-state index contributed by atoms with van der Waals surface area (Å²) in [7, 11) is 0. The molecule has 0 fully saturated rings. The van der Waals surface area contributed by atoms with Crippen LogP contribution in [0.5, 0.6) is 5.75 Å². The van der Waals surface area contributed by atoms with Crippen molar-refractivity contribution >= 4 is 28.1 Å². The minimum absolute atomic E-state index is 0.336. The lowest BCUT2D eigenvalue weighted by molar-refractivity contribution is 0.107. The summed E-state index contributed by atoms with van der Waals surface area (Å²) in [5.74, 6) is 1.37. The quantitative estimate of drug-likeness (QED) is 0.226. The van der Waals surface area contributed by atoms with Crippen LogP contribution in [0.3, 0.4) is 0 Å². The van der Waals surface area contributed by atoms with Crippen molar-refractivity contribution in [2.75, 3.05) is 32.0 Å². The third kappa shape index (κ3) is 6.07. The number of guanidine groups is 1. The lowest BCUT2D eigenvalue weighted by atomic mass is 10.1. The Morgan fingerprint density at radius 3 is 2.83 bits per heavy atom. The van der Waals surface area contributed by atoms with Crippen molar-refractivity contribution in [3.8, 4) is 5.75 Å². The van der Waals surface area contributed by atoms with Crippen LogP contribution in [0.15, 0.2) is 33.7 Å². The maximum absolute atomic E-state index is 6.13. The van der Waals surface area contributed by atoms with E-state index in [1.54, 1.807) is 0 Å². The van der Waals surface area contributed by atoms with E-state index in [1.165, 1.54) is 22.5 Å². The van der Waals surface area contributed by atoms with Gasteiger partial charge in [-0.3, -0.25) is 4.99 Å². The van der Waals surface area contributed by atoms with Gasteiger partial charge in [-0.15, -0.1) is 11.3 Å². The summed E-state index contributed by atoms with van der Waals surface area (Å²) in [6.45, 7) is 5.45. The molecule has 0 spiro atoms. The van der Waals surface area contributed by atoms with Gasteiger partial charge >= 0.3 is 0 Å². The van der Waals surface area contributed by atoms with Gasteiger partial charge in [0.15, 0.2) is 17.7 Å². The number of fused-ring (bicyclic) bond motifs is 1. The van der Waals surface area contributed by atoms with E-state index in [2.05, 4.69) is 26.1 Å². The average Bonchev–Trinajstić information content (AvgIpc) is 3.36. The number of nitrogens with two attached hydrogens (primary N) is 3. The average molecular weight is 432 g/mol. The van der Waals surface area contributed by atoms with Crippen molar-refractivity contribution in [3.63, 3.8) is 0 Å². The Morgan fingerprint density at radius 1 is 1.23 bits per heavy atom. The third-order valence-corrected chi connectivity index (χ3v) is 5.32. The van der Waals surface area contributed by atoms with Crippen LogP contribution in [-0.4, -0.2) is 47.9 Å². The molecular weight excluding hydrogens is 402 g/mol. The standard InChI is InChI=1S/C20H29N7O2S/c1-14(18-13-30-20(23)25-18)26-29-9-8-28-17-5-4-15-11-27(12-16(15)10-17)19(22)24-7-3-2-6-21/h4-5,10,13H,2-3,6-9,11-12,21H2,1H3,(H2,22,24)(H2,23,25)/b26-14+. The van der Waals surface area contributed by atoms with E-state index in [9.17, 15) is 0 Å². The van der Waals surface area contributed by atoms with E-state index in [1.807, 2.05) is 24.4 Å². The molecule has 1 aromatic carbocycles. The maximum atomic E-state index is 6.13. The number of benzene rings is 1. The lowest BCUT2D eigenvalue weighted by Crippen LogP contribution is -2.33. The molecule has 0 saturated heterocycles. The molecule has 2 aromatic rings. The topological polar surface area (TPSA) is 137 Å². The highest BCUT2D eigenvalue weighted by Gasteiger charge is 2.20. The Bertz CT molecular complexity index is 897. The number of aliphatic imine (C=N–C) groups is 1. The molecule has 6 N–H and O–H groups in total. The Kier molecular flexibility index (Phi) is 7.86. The molecule has 0 unspecified atom stereocenters. The van der Waals surface area contributed by atoms with Gasteiger partial charge in [0.05, 0.1) is 0 Å². The molecule has 0 bridgehead atoms. The van der Waals surface area contributed by atoms with Crippen LogP contribution in [0.2, 0.25) is 0 Å². The molecule has 0 radical (unpaired) electrons. The number of aromatic nitrogens is 1. The van der Waals surface area contributed by atoms with Gasteiger partial charge in [0.1, 0.15) is 23.8 Å². The van der Waals surface area contributed by atoms with Crippen molar-refractivity contribution in [1.82, 2.24) is 9.88 Å². The predicted molar refractivity (Wildman–Crippen MR) is 121 cm³/mol. The summed E-state index contributed by atoms with van der Waals surface area (Å²) in [6, 6.07) is 6.08. The molecule has 10 heteroatoms. The molecule has 9 nitrogen and oxygen atoms in total. The van der Waals surface area contributed by atoms with Crippen molar-refractivity contribution in [3.05, 3.63) is 40.4 Å². The zero-order valence-corrected chi connectivity index (χ0v) is 18.0. The molecule has 0 atom stereocenters. The molecular formula is C20H29N7O2S. The molecule has 0 aliphatic carbocycles. The van der Waals surface area contributed by atoms with Gasteiger partial charge in [-0.05, 0) is 49.6 Å². The molecule has 1 aliphatic heterocycles. The smallest absolute Gasteiger partial charge is 0.191 e. The van der Waals surface area contributed by atoms with Gasteiger partial charge < -0.3 is 31.7 Å². The molecule has 2 heterocycles. The van der Waals surface area contributed by atoms with Crippen LogP contribution in [-0.2, 0) is 17.9 Å². The molecule has 0 amide bonds. The SMILES string of the molecule is C/C(=N\OCCOc1ccc2c(c1)CN(C(N)=NCCCCN)C2)c1csc(N)n1. The molecule has 1 aliphatic rings. The second-order valence-corrected chi connectivity index (χ2v) is 7.84. The van der Waals surface area contributed by atoms with E-state index in [0.29, 0.717) is 43.1 Å². The van der Waals surface area contributed by atoms with Crippen molar-refractivity contribution in [1.29, 1.82) is 0 Å². The zero-order valence-electron chi connectivity index (χ0n) is 17.2. The number of nitrogens with zero attached hydrogens (tertiary/aromatic N) is 4. The first kappa shape index (κ1) is 21.8. The maximum Gasteiger partial charge on any atom is 0.191 e. The van der Waals surface area contributed by atoms with Crippen LogP contribution in [0.4, 0.5) is 5.13 Å². The molecule has 3 rings (SSSR count). The van der Waals surface area contributed by atoms with E-state index in [-0.39, 0.29) is 0 Å². The summed E-state index contributed by atoms with van der Waals surface area (Å²) in [5.41, 5.74) is 21.1. The third-order valence-electron chi connectivity index (χ3n) is 4.65. The Morgan fingerprint density at radius 2 is 2.07 bits per heavy atom. The number of thiazole rings is 1. The predicted octanol–water partition coefficient (Wildman–Crippen LogP) is 1.91. The van der Waals surface area contributed by atoms with Gasteiger partial charge in [-0.25, -0.2) is 4.98 Å². The molecule has 30 heavy (non-hydrogen) atoms. The number of oxime groups is 1. The Hall–Kier alpha value is -2.85. The number of rotatable bonds is 10. The highest BCUT2D eigenvalue weighted by molar-refractivity contribution is 7.13. The molecule has 162 valence electrons. The van der Waals surface area contributed by atoms with Gasteiger partial charge in [-0.2, -0.15) is 0 Å². The number of ether oxygens (including phenoxy) is 1. The first-order valence-corrected chi connectivity index (χ1v) is 10.8. The van der Waals surface area contributed by atoms with E-state index >= 15 is 0 Å². The highest BCUT2D eigenvalue weighted by Crippen LogP contribution is 2.26. The second kappa shape index (κ2) is 10.8. The second-order valence-electron chi connectivity index (χ2n) is 6.95. The first-order chi connectivity index (χ1) is 14.6. The minimum Gasteiger partial charge on any atom is -0.490 e. The molecule has 1 aromatic heterocycles. The number of hydrogen-bond acceptors (Lipinski definition) is 8. The number of anilines is 1. The van der Waals surface area contributed by atoms with Crippen LogP contribution < -0.4 is 21.9 Å². The van der Waals surface area contributed by atoms with Crippen LogP contribution in [0.1, 0.15) is 36.6 Å². The summed E-state index contributed by atoms with van der Waals surface area (Å²) in [6.07, 6.45) is 1.92. The fraction of sp³-hybridized carbons (Fsp3) is 0.450. The first-order valence-electron chi connectivity index (χ1n) is 9.94. The summed E-state index contributed by atoms with van der Waals surface area (Å²) in [4.78, 5) is 16.0. The van der Waals surface area contributed by atoms with Gasteiger partial charge in [-0.1, -0.05) is 11.2 Å². The Labute approximate surface area is 180 Å². The lowest BCUT2D eigenvalue weighted by Gasteiger charge is -2.16. The van der Waals surface area contributed by atoms with Crippen molar-refractivity contribution in [2.24, 2.45) is 21.6 Å². The minimum atomic E-state index is 0.336. The van der Waals surface area contributed by atoms with E-state index < -0.39 is 0 Å². The normalized spacial score (nSPS) is 14.1. The number of unbranched alkanes of at least 4 members (excludes halogenated alkanes) is 1. The zero-order chi connectivity index (χ0) is 21.3.